The molecular weight excluding hydrogens is 342 g/mol. The lowest BCUT2D eigenvalue weighted by molar-refractivity contribution is -0.118. The maximum absolute atomic E-state index is 12.3. The Hall–Kier alpha value is -1.93. The topological polar surface area (TPSA) is 110 Å². The average Bonchev–Trinajstić information content (AvgIpc) is 2.54. The number of sulfonamides is 1. The summed E-state index contributed by atoms with van der Waals surface area (Å²) in [5, 5.41) is 2.70. The Balaban J connectivity index is 1.99. The molecule has 25 heavy (non-hydrogen) atoms. The summed E-state index contributed by atoms with van der Waals surface area (Å²) in [7, 11) is -3.45. The first kappa shape index (κ1) is 19.4. The van der Waals surface area contributed by atoms with Crippen LogP contribution >= 0.6 is 0 Å². The summed E-state index contributed by atoms with van der Waals surface area (Å²) in [5.41, 5.74) is 6.44. The summed E-state index contributed by atoms with van der Waals surface area (Å²) in [6.07, 6.45) is 5.95. The van der Waals surface area contributed by atoms with E-state index in [-0.39, 0.29) is 24.9 Å². The molecular formula is C17H25N3O4S. The highest BCUT2D eigenvalue weighted by atomic mass is 32.2. The maximum atomic E-state index is 12.3. The van der Waals surface area contributed by atoms with Crippen molar-refractivity contribution in [2.75, 3.05) is 18.1 Å². The van der Waals surface area contributed by atoms with Gasteiger partial charge in [-0.25, -0.2) is 8.42 Å². The van der Waals surface area contributed by atoms with Crippen molar-refractivity contribution in [2.45, 2.75) is 44.6 Å². The highest BCUT2D eigenvalue weighted by molar-refractivity contribution is 7.88. The van der Waals surface area contributed by atoms with E-state index in [1.54, 1.807) is 24.3 Å². The third kappa shape index (κ3) is 6.13. The molecule has 0 bridgehead atoms. The minimum atomic E-state index is -3.45. The van der Waals surface area contributed by atoms with Gasteiger partial charge in [0.05, 0.1) is 19.2 Å². The number of carbonyl (C=O) groups is 2. The quantitative estimate of drug-likeness (QED) is 0.755. The van der Waals surface area contributed by atoms with Gasteiger partial charge >= 0.3 is 0 Å². The van der Waals surface area contributed by atoms with Gasteiger partial charge < -0.3 is 11.1 Å². The summed E-state index contributed by atoms with van der Waals surface area (Å²) in [6.45, 7) is -0.188. The second kappa shape index (κ2) is 8.44. The number of primary amides is 1. The van der Waals surface area contributed by atoms with Gasteiger partial charge in [0.2, 0.25) is 21.8 Å². The predicted molar refractivity (Wildman–Crippen MR) is 96.4 cm³/mol. The molecule has 0 unspecified atom stereocenters. The zero-order chi connectivity index (χ0) is 18.4. The number of hydrogen-bond acceptors (Lipinski definition) is 4. The number of hydrogen-bond donors (Lipinski definition) is 2. The molecule has 1 aliphatic carbocycles. The van der Waals surface area contributed by atoms with Crippen LogP contribution in [0.5, 0.6) is 0 Å². The molecule has 2 amide bonds. The zero-order valence-electron chi connectivity index (χ0n) is 14.4. The molecule has 3 N–H and O–H groups in total. The van der Waals surface area contributed by atoms with Crippen LogP contribution in [-0.4, -0.2) is 43.4 Å². The SMILES string of the molecule is CS(=O)(=O)N(CC(=O)Nc1ccc(CC(N)=O)cc1)C1CCCCC1. The first-order chi connectivity index (χ1) is 11.8. The number of nitrogens with zero attached hydrogens (tertiary/aromatic N) is 1. The van der Waals surface area contributed by atoms with Crippen LogP contribution in [0.4, 0.5) is 5.69 Å². The fourth-order valence-corrected chi connectivity index (χ4v) is 4.24. The van der Waals surface area contributed by atoms with Gasteiger partial charge in [0.25, 0.3) is 0 Å². The molecule has 8 heteroatoms. The van der Waals surface area contributed by atoms with Crippen molar-refractivity contribution < 1.29 is 18.0 Å². The number of benzene rings is 1. The van der Waals surface area contributed by atoms with Gasteiger partial charge in [0.15, 0.2) is 0 Å². The molecule has 0 spiro atoms. The molecule has 1 aromatic carbocycles. The van der Waals surface area contributed by atoms with E-state index in [0.717, 1.165) is 43.9 Å². The third-order valence-electron chi connectivity index (χ3n) is 4.32. The van der Waals surface area contributed by atoms with Crippen LogP contribution in [-0.2, 0) is 26.0 Å². The minimum absolute atomic E-state index is 0.104. The Labute approximate surface area is 148 Å². The predicted octanol–water partition coefficient (Wildman–Crippen LogP) is 1.25. The number of rotatable bonds is 7. The van der Waals surface area contributed by atoms with Crippen LogP contribution in [0.15, 0.2) is 24.3 Å². The van der Waals surface area contributed by atoms with E-state index < -0.39 is 15.9 Å². The second-order valence-corrected chi connectivity index (χ2v) is 8.42. The molecule has 0 aliphatic heterocycles. The summed E-state index contributed by atoms with van der Waals surface area (Å²) < 4.78 is 25.4. The van der Waals surface area contributed by atoms with Crippen LogP contribution < -0.4 is 11.1 Å². The molecule has 1 aromatic rings. The number of anilines is 1. The fourth-order valence-electron chi connectivity index (χ4n) is 3.14. The fraction of sp³-hybridized carbons (Fsp3) is 0.529. The standard InChI is InChI=1S/C17H25N3O4S/c1-25(23,24)20(15-5-3-2-4-6-15)12-17(22)19-14-9-7-13(8-10-14)11-16(18)21/h7-10,15H,2-6,11-12H2,1H3,(H2,18,21)(H,19,22). The largest absolute Gasteiger partial charge is 0.369 e. The Bertz CT molecular complexity index is 710. The smallest absolute Gasteiger partial charge is 0.239 e. The van der Waals surface area contributed by atoms with Gasteiger partial charge in [-0.05, 0) is 30.5 Å². The van der Waals surface area contributed by atoms with Crippen LogP contribution in [0.2, 0.25) is 0 Å². The molecule has 0 radical (unpaired) electrons. The molecule has 0 aromatic heterocycles. The Morgan fingerprint density at radius 3 is 2.28 bits per heavy atom. The van der Waals surface area contributed by atoms with Gasteiger partial charge in [-0.3, -0.25) is 9.59 Å². The number of amides is 2. The van der Waals surface area contributed by atoms with Crippen LogP contribution in [0, 0.1) is 0 Å². The lowest BCUT2D eigenvalue weighted by Crippen LogP contribution is -2.45. The van der Waals surface area contributed by atoms with E-state index in [0.29, 0.717) is 5.69 Å². The van der Waals surface area contributed by atoms with E-state index in [4.69, 9.17) is 5.73 Å². The van der Waals surface area contributed by atoms with Crippen LogP contribution in [0.3, 0.4) is 0 Å². The highest BCUT2D eigenvalue weighted by Gasteiger charge is 2.29. The second-order valence-electron chi connectivity index (χ2n) is 6.49. The Morgan fingerprint density at radius 1 is 1.16 bits per heavy atom. The number of nitrogens with two attached hydrogens (primary N) is 1. The Kier molecular flexibility index (Phi) is 6.55. The van der Waals surface area contributed by atoms with E-state index in [1.807, 2.05) is 0 Å². The normalized spacial score (nSPS) is 15.9. The van der Waals surface area contributed by atoms with Crippen molar-refractivity contribution in [2.24, 2.45) is 5.73 Å². The monoisotopic (exact) mass is 367 g/mol. The van der Waals surface area contributed by atoms with Crippen molar-refractivity contribution >= 4 is 27.5 Å². The summed E-state index contributed by atoms with van der Waals surface area (Å²) in [6, 6.07) is 6.64. The van der Waals surface area contributed by atoms with Gasteiger partial charge in [0.1, 0.15) is 0 Å². The first-order valence-corrected chi connectivity index (χ1v) is 10.2. The Morgan fingerprint density at radius 2 is 1.76 bits per heavy atom. The zero-order valence-corrected chi connectivity index (χ0v) is 15.2. The molecule has 1 aliphatic rings. The molecule has 1 fully saturated rings. The van der Waals surface area contributed by atoms with E-state index in [9.17, 15) is 18.0 Å². The number of carbonyl (C=O) groups excluding carboxylic acids is 2. The van der Waals surface area contributed by atoms with Crippen molar-refractivity contribution in [3.05, 3.63) is 29.8 Å². The van der Waals surface area contributed by atoms with Crippen molar-refractivity contribution in [1.82, 2.24) is 4.31 Å². The molecule has 0 saturated heterocycles. The van der Waals surface area contributed by atoms with Crippen molar-refractivity contribution in [1.29, 1.82) is 0 Å². The van der Waals surface area contributed by atoms with Gasteiger partial charge in [-0.1, -0.05) is 31.4 Å². The maximum Gasteiger partial charge on any atom is 0.239 e. The molecule has 7 nitrogen and oxygen atoms in total. The van der Waals surface area contributed by atoms with Crippen molar-refractivity contribution in [3.8, 4) is 0 Å². The molecule has 0 heterocycles. The lowest BCUT2D eigenvalue weighted by Gasteiger charge is -2.31. The van der Waals surface area contributed by atoms with Crippen LogP contribution in [0.25, 0.3) is 0 Å². The third-order valence-corrected chi connectivity index (χ3v) is 5.60. The van der Waals surface area contributed by atoms with E-state index in [1.165, 1.54) is 4.31 Å². The highest BCUT2D eigenvalue weighted by Crippen LogP contribution is 2.24. The van der Waals surface area contributed by atoms with E-state index in [2.05, 4.69) is 5.32 Å². The van der Waals surface area contributed by atoms with Gasteiger partial charge in [-0.15, -0.1) is 0 Å². The lowest BCUT2D eigenvalue weighted by atomic mass is 9.95. The van der Waals surface area contributed by atoms with E-state index >= 15 is 0 Å². The molecule has 2 rings (SSSR count). The van der Waals surface area contributed by atoms with Gasteiger partial charge in [0, 0.05) is 11.7 Å². The van der Waals surface area contributed by atoms with Gasteiger partial charge in [-0.2, -0.15) is 4.31 Å². The molecule has 1 saturated carbocycles. The summed E-state index contributed by atoms with van der Waals surface area (Å²) >= 11 is 0. The first-order valence-electron chi connectivity index (χ1n) is 8.39. The van der Waals surface area contributed by atoms with Crippen LogP contribution in [0.1, 0.15) is 37.7 Å². The molecule has 138 valence electrons. The summed E-state index contributed by atoms with van der Waals surface area (Å²) in [5.74, 6) is -0.799. The number of nitrogens with one attached hydrogen (secondary N) is 1. The molecule has 0 atom stereocenters. The average molecular weight is 367 g/mol. The minimum Gasteiger partial charge on any atom is -0.369 e. The summed E-state index contributed by atoms with van der Waals surface area (Å²) in [4.78, 5) is 23.2. The van der Waals surface area contributed by atoms with Crippen molar-refractivity contribution in [3.63, 3.8) is 0 Å².